The van der Waals surface area contributed by atoms with Crippen molar-refractivity contribution in [3.8, 4) is 11.5 Å². The molecular formula is C16H20IN3O. The third kappa shape index (κ3) is 4.64. The first-order valence-electron chi connectivity index (χ1n) is 7.10. The molecule has 4 nitrogen and oxygen atoms in total. The molecule has 0 aliphatic heterocycles. The lowest BCUT2D eigenvalue weighted by atomic mass is 10.2. The zero-order chi connectivity index (χ0) is 15.2. The van der Waals surface area contributed by atoms with Crippen LogP contribution in [-0.2, 0) is 6.54 Å². The maximum absolute atomic E-state index is 5.95. The van der Waals surface area contributed by atoms with E-state index >= 15 is 0 Å². The number of hydrogen-bond acceptors (Lipinski definition) is 4. The first-order chi connectivity index (χ1) is 10.1. The molecule has 2 aromatic rings. The summed E-state index contributed by atoms with van der Waals surface area (Å²) < 4.78 is 7.09. The van der Waals surface area contributed by atoms with Gasteiger partial charge in [0.05, 0.1) is 6.20 Å². The highest BCUT2D eigenvalue weighted by Gasteiger charge is 2.11. The minimum Gasteiger partial charge on any atom is -0.454 e. The Morgan fingerprint density at radius 3 is 2.81 bits per heavy atom. The molecule has 0 atom stereocenters. The van der Waals surface area contributed by atoms with Gasteiger partial charge in [-0.25, -0.2) is 9.97 Å². The second-order valence-electron chi connectivity index (χ2n) is 5.03. The van der Waals surface area contributed by atoms with Crippen LogP contribution >= 0.6 is 22.6 Å². The fourth-order valence-electron chi connectivity index (χ4n) is 1.81. The van der Waals surface area contributed by atoms with Gasteiger partial charge in [-0.1, -0.05) is 26.8 Å². The van der Waals surface area contributed by atoms with Gasteiger partial charge >= 0.3 is 0 Å². The first kappa shape index (κ1) is 16.2. The van der Waals surface area contributed by atoms with E-state index in [1.165, 1.54) is 0 Å². The molecule has 0 aliphatic carbocycles. The molecule has 0 unspecified atom stereocenters. The highest BCUT2D eigenvalue weighted by Crippen LogP contribution is 2.26. The van der Waals surface area contributed by atoms with Crippen LogP contribution in [0.25, 0.3) is 0 Å². The van der Waals surface area contributed by atoms with E-state index in [-0.39, 0.29) is 0 Å². The molecule has 1 aromatic carbocycles. The van der Waals surface area contributed by atoms with Crippen molar-refractivity contribution in [2.24, 2.45) is 0 Å². The average Bonchev–Trinajstić information content (AvgIpc) is 2.46. The summed E-state index contributed by atoms with van der Waals surface area (Å²) in [7, 11) is 0. The van der Waals surface area contributed by atoms with Gasteiger partial charge < -0.3 is 10.1 Å². The number of rotatable bonds is 6. The Morgan fingerprint density at radius 1 is 1.33 bits per heavy atom. The molecule has 0 saturated heterocycles. The van der Waals surface area contributed by atoms with Crippen molar-refractivity contribution in [3.05, 3.63) is 45.6 Å². The van der Waals surface area contributed by atoms with Crippen LogP contribution in [0.4, 0.5) is 0 Å². The van der Waals surface area contributed by atoms with E-state index < -0.39 is 0 Å². The topological polar surface area (TPSA) is 47.0 Å². The van der Waals surface area contributed by atoms with Crippen molar-refractivity contribution in [1.82, 2.24) is 15.3 Å². The zero-order valence-corrected chi connectivity index (χ0v) is 14.7. The first-order valence-corrected chi connectivity index (χ1v) is 8.18. The lowest BCUT2D eigenvalue weighted by Gasteiger charge is -2.13. The Kier molecular flexibility index (Phi) is 5.93. The van der Waals surface area contributed by atoms with Gasteiger partial charge in [-0.2, -0.15) is 0 Å². The zero-order valence-electron chi connectivity index (χ0n) is 12.6. The lowest BCUT2D eigenvalue weighted by molar-refractivity contribution is 0.463. The molecule has 0 spiro atoms. The van der Waals surface area contributed by atoms with Crippen molar-refractivity contribution in [3.63, 3.8) is 0 Å². The lowest BCUT2D eigenvalue weighted by Crippen LogP contribution is -2.15. The molecule has 0 bridgehead atoms. The normalized spacial score (nSPS) is 10.9. The van der Waals surface area contributed by atoms with E-state index in [0.29, 0.717) is 18.2 Å². The van der Waals surface area contributed by atoms with E-state index in [2.05, 4.69) is 58.6 Å². The molecule has 2 rings (SSSR count). The number of halogens is 1. The molecule has 0 aliphatic rings. The number of hydrogen-bond donors (Lipinski definition) is 1. The Balaban J connectivity index is 2.28. The van der Waals surface area contributed by atoms with Gasteiger partial charge in [-0.3, -0.25) is 0 Å². The van der Waals surface area contributed by atoms with Crippen LogP contribution < -0.4 is 10.1 Å². The van der Waals surface area contributed by atoms with E-state index in [1.807, 2.05) is 24.3 Å². The summed E-state index contributed by atoms with van der Waals surface area (Å²) in [5.74, 6) is 2.66. The van der Waals surface area contributed by atoms with Gasteiger partial charge in [0.2, 0.25) is 0 Å². The number of aromatic nitrogens is 2. The molecule has 0 saturated carbocycles. The summed E-state index contributed by atoms with van der Waals surface area (Å²) in [6, 6.07) is 7.94. The molecule has 1 aromatic heterocycles. The Labute approximate surface area is 139 Å². The van der Waals surface area contributed by atoms with Crippen molar-refractivity contribution >= 4 is 22.6 Å². The van der Waals surface area contributed by atoms with Gasteiger partial charge in [0.15, 0.2) is 5.75 Å². The summed E-state index contributed by atoms with van der Waals surface area (Å²) in [6.45, 7) is 7.82. The molecule has 1 heterocycles. The quantitative estimate of drug-likeness (QED) is 0.746. The summed E-state index contributed by atoms with van der Waals surface area (Å²) in [6.07, 6.45) is 1.77. The van der Waals surface area contributed by atoms with Crippen LogP contribution in [0.15, 0.2) is 30.5 Å². The van der Waals surface area contributed by atoms with E-state index in [4.69, 9.17) is 4.74 Å². The van der Waals surface area contributed by atoms with E-state index in [9.17, 15) is 0 Å². The maximum Gasteiger partial charge on any atom is 0.168 e. The molecule has 5 heteroatoms. The molecule has 1 N–H and O–H groups in total. The Morgan fingerprint density at radius 2 is 2.14 bits per heavy atom. The van der Waals surface area contributed by atoms with Crippen LogP contribution in [0.5, 0.6) is 11.5 Å². The number of ether oxygens (including phenoxy) is 1. The summed E-state index contributed by atoms with van der Waals surface area (Å²) in [5, 5.41) is 3.30. The summed E-state index contributed by atoms with van der Waals surface area (Å²) >= 11 is 2.27. The molecule has 0 radical (unpaired) electrons. The van der Waals surface area contributed by atoms with Crippen LogP contribution in [0, 0.1) is 3.57 Å². The van der Waals surface area contributed by atoms with Crippen LogP contribution in [0.1, 0.15) is 38.2 Å². The fourth-order valence-corrected chi connectivity index (χ4v) is 2.33. The number of nitrogens with one attached hydrogen (secondary N) is 1. The highest BCUT2D eigenvalue weighted by atomic mass is 127. The van der Waals surface area contributed by atoms with E-state index in [0.717, 1.165) is 27.4 Å². The highest BCUT2D eigenvalue weighted by molar-refractivity contribution is 14.1. The standard InChI is InChI=1S/C16H20IN3O/c1-4-18-9-14-15(10-19-16(20-14)11(2)3)21-13-7-5-6-12(17)8-13/h5-8,10-11,18H,4,9H2,1-3H3. The minimum atomic E-state index is 0.303. The summed E-state index contributed by atoms with van der Waals surface area (Å²) in [5.41, 5.74) is 0.898. The monoisotopic (exact) mass is 397 g/mol. The predicted octanol–water partition coefficient (Wildman–Crippen LogP) is 4.11. The van der Waals surface area contributed by atoms with Gasteiger partial charge in [0, 0.05) is 16.0 Å². The third-order valence-corrected chi connectivity index (χ3v) is 3.60. The smallest absolute Gasteiger partial charge is 0.168 e. The second-order valence-corrected chi connectivity index (χ2v) is 6.28. The van der Waals surface area contributed by atoms with Crippen molar-refractivity contribution in [1.29, 1.82) is 0 Å². The molecular weight excluding hydrogens is 377 g/mol. The van der Waals surface area contributed by atoms with Gasteiger partial charge in [0.1, 0.15) is 17.3 Å². The van der Waals surface area contributed by atoms with Crippen molar-refractivity contribution < 1.29 is 4.74 Å². The second kappa shape index (κ2) is 7.70. The minimum absolute atomic E-state index is 0.303. The van der Waals surface area contributed by atoms with Crippen LogP contribution in [0.3, 0.4) is 0 Å². The van der Waals surface area contributed by atoms with Gasteiger partial charge in [-0.15, -0.1) is 0 Å². The SMILES string of the molecule is CCNCc1nc(C(C)C)ncc1Oc1cccc(I)c1. The molecule has 0 amide bonds. The van der Waals surface area contributed by atoms with Gasteiger partial charge in [-0.05, 0) is 47.3 Å². The maximum atomic E-state index is 5.95. The Bertz CT molecular complexity index is 602. The summed E-state index contributed by atoms with van der Waals surface area (Å²) in [4.78, 5) is 9.03. The van der Waals surface area contributed by atoms with Crippen LogP contribution in [-0.4, -0.2) is 16.5 Å². The number of benzene rings is 1. The van der Waals surface area contributed by atoms with E-state index in [1.54, 1.807) is 6.20 Å². The predicted molar refractivity (Wildman–Crippen MR) is 92.7 cm³/mol. The van der Waals surface area contributed by atoms with Crippen LogP contribution in [0.2, 0.25) is 0 Å². The van der Waals surface area contributed by atoms with Crippen molar-refractivity contribution in [2.75, 3.05) is 6.54 Å². The largest absolute Gasteiger partial charge is 0.454 e. The Hall–Kier alpha value is -1.21. The molecule has 0 fully saturated rings. The average molecular weight is 397 g/mol. The fraction of sp³-hybridized carbons (Fsp3) is 0.375. The number of nitrogens with zero attached hydrogens (tertiary/aromatic N) is 2. The molecule has 112 valence electrons. The van der Waals surface area contributed by atoms with Crippen molar-refractivity contribution in [2.45, 2.75) is 33.2 Å². The third-order valence-electron chi connectivity index (χ3n) is 2.93. The van der Waals surface area contributed by atoms with Gasteiger partial charge in [0.25, 0.3) is 0 Å². The molecule has 21 heavy (non-hydrogen) atoms.